The van der Waals surface area contributed by atoms with Crippen LogP contribution in [0.1, 0.15) is 11.3 Å². The summed E-state index contributed by atoms with van der Waals surface area (Å²) in [5.74, 6) is 0. The van der Waals surface area contributed by atoms with Gasteiger partial charge in [-0.1, -0.05) is 6.07 Å². The predicted octanol–water partition coefficient (Wildman–Crippen LogP) is 1.64. The van der Waals surface area contributed by atoms with Crippen molar-refractivity contribution in [3.8, 4) is 0 Å². The van der Waals surface area contributed by atoms with Crippen molar-refractivity contribution in [3.63, 3.8) is 0 Å². The average molecular weight is 227 g/mol. The Labute approximate surface area is 94.4 Å². The van der Waals surface area contributed by atoms with Gasteiger partial charge in [-0.15, -0.1) is 11.3 Å². The first kappa shape index (κ1) is 11.1. The van der Waals surface area contributed by atoms with Crippen molar-refractivity contribution in [1.29, 1.82) is 0 Å². The third-order valence-electron chi connectivity index (χ3n) is 2.60. The van der Waals surface area contributed by atoms with Gasteiger partial charge in [0.1, 0.15) is 0 Å². The van der Waals surface area contributed by atoms with E-state index in [1.807, 2.05) is 7.05 Å². The molecule has 0 spiro atoms. The lowest BCUT2D eigenvalue weighted by Crippen LogP contribution is -2.31. The van der Waals surface area contributed by atoms with Crippen LogP contribution in [0.4, 0.5) is 0 Å². The summed E-state index contributed by atoms with van der Waals surface area (Å²) >= 11 is 1.80. The molecule has 0 amide bonds. The Kier molecular flexibility index (Phi) is 4.14. The Hall–Kier alpha value is -0.420. The molecule has 4 heteroatoms. The monoisotopic (exact) mass is 227 g/mol. The first-order chi connectivity index (χ1) is 7.38. The first-order valence-electron chi connectivity index (χ1n) is 5.31. The van der Waals surface area contributed by atoms with Crippen LogP contribution in [-0.4, -0.2) is 32.6 Å². The van der Waals surface area contributed by atoms with Gasteiger partial charge in [0.25, 0.3) is 0 Å². The quantitative estimate of drug-likeness (QED) is 0.829. The lowest BCUT2D eigenvalue weighted by atomic mass is 10.1. The summed E-state index contributed by atoms with van der Waals surface area (Å²) in [5.41, 5.74) is 0. The van der Waals surface area contributed by atoms with E-state index in [0.29, 0.717) is 6.04 Å². The molecular formula is C11H17NO2S. The van der Waals surface area contributed by atoms with Crippen molar-refractivity contribution in [3.05, 3.63) is 22.4 Å². The van der Waals surface area contributed by atoms with Crippen LogP contribution in [-0.2, 0) is 15.9 Å². The number of thiophene rings is 1. The number of nitrogens with one attached hydrogen (secondary N) is 1. The molecule has 2 rings (SSSR count). The minimum Gasteiger partial charge on any atom is -0.350 e. The van der Waals surface area contributed by atoms with Crippen LogP contribution in [0.2, 0.25) is 0 Å². The minimum atomic E-state index is -0.0117. The van der Waals surface area contributed by atoms with Crippen LogP contribution >= 0.6 is 11.3 Å². The van der Waals surface area contributed by atoms with Crippen LogP contribution in [0.3, 0.4) is 0 Å². The summed E-state index contributed by atoms with van der Waals surface area (Å²) in [6.07, 6.45) is 1.97. The summed E-state index contributed by atoms with van der Waals surface area (Å²) in [4.78, 5) is 1.41. The molecule has 0 radical (unpaired) electrons. The molecule has 0 bridgehead atoms. The van der Waals surface area contributed by atoms with Crippen molar-refractivity contribution < 1.29 is 9.47 Å². The summed E-state index contributed by atoms with van der Waals surface area (Å²) in [5, 5.41) is 5.43. The normalized spacial score (nSPS) is 19.5. The molecule has 84 valence electrons. The Morgan fingerprint density at radius 3 is 2.93 bits per heavy atom. The molecule has 1 N–H and O–H groups in total. The summed E-state index contributed by atoms with van der Waals surface area (Å²) in [6, 6.07) is 4.70. The van der Waals surface area contributed by atoms with Gasteiger partial charge in [-0.3, -0.25) is 0 Å². The van der Waals surface area contributed by atoms with Crippen molar-refractivity contribution in [2.24, 2.45) is 0 Å². The molecule has 1 aliphatic rings. The zero-order chi connectivity index (χ0) is 10.5. The number of hydrogen-bond acceptors (Lipinski definition) is 4. The molecule has 3 nitrogen and oxygen atoms in total. The molecule has 0 saturated carbocycles. The summed E-state index contributed by atoms with van der Waals surface area (Å²) in [6.45, 7) is 1.47. The summed E-state index contributed by atoms with van der Waals surface area (Å²) < 4.78 is 10.9. The molecule has 15 heavy (non-hydrogen) atoms. The fourth-order valence-electron chi connectivity index (χ4n) is 1.75. The second-order valence-corrected chi connectivity index (χ2v) is 4.71. The Bertz CT molecular complexity index is 270. The van der Waals surface area contributed by atoms with Gasteiger partial charge >= 0.3 is 0 Å². The zero-order valence-corrected chi connectivity index (χ0v) is 9.76. The lowest BCUT2D eigenvalue weighted by molar-refractivity contribution is -0.0522. The average Bonchev–Trinajstić information content (AvgIpc) is 2.89. The SMILES string of the molecule is CNC(Cc1cccs1)CC1OCCO1. The van der Waals surface area contributed by atoms with E-state index in [1.54, 1.807) is 11.3 Å². The Balaban J connectivity index is 1.81. The number of ether oxygens (including phenoxy) is 2. The van der Waals surface area contributed by atoms with Gasteiger partial charge in [-0.05, 0) is 24.9 Å². The highest BCUT2D eigenvalue weighted by molar-refractivity contribution is 7.09. The lowest BCUT2D eigenvalue weighted by Gasteiger charge is -2.18. The summed E-state index contributed by atoms with van der Waals surface area (Å²) in [7, 11) is 1.99. The van der Waals surface area contributed by atoms with Crippen LogP contribution in [0.5, 0.6) is 0 Å². The molecule has 1 fully saturated rings. The molecule has 0 aliphatic carbocycles. The van der Waals surface area contributed by atoms with Gasteiger partial charge in [-0.2, -0.15) is 0 Å². The van der Waals surface area contributed by atoms with Crippen LogP contribution in [0.25, 0.3) is 0 Å². The molecule has 1 aliphatic heterocycles. The molecule has 1 atom stereocenters. The fourth-order valence-corrected chi connectivity index (χ4v) is 2.54. The predicted molar refractivity (Wildman–Crippen MR) is 61.2 cm³/mol. The maximum absolute atomic E-state index is 5.45. The van der Waals surface area contributed by atoms with Gasteiger partial charge in [0.2, 0.25) is 0 Å². The topological polar surface area (TPSA) is 30.5 Å². The molecule has 2 heterocycles. The van der Waals surface area contributed by atoms with E-state index in [1.165, 1.54) is 4.88 Å². The van der Waals surface area contributed by atoms with E-state index >= 15 is 0 Å². The maximum Gasteiger partial charge on any atom is 0.159 e. The van der Waals surface area contributed by atoms with Crippen molar-refractivity contribution in [2.45, 2.75) is 25.2 Å². The smallest absolute Gasteiger partial charge is 0.159 e. The van der Waals surface area contributed by atoms with Crippen LogP contribution in [0.15, 0.2) is 17.5 Å². The van der Waals surface area contributed by atoms with Crippen molar-refractivity contribution in [2.75, 3.05) is 20.3 Å². The van der Waals surface area contributed by atoms with E-state index < -0.39 is 0 Å². The molecule has 1 unspecified atom stereocenters. The second-order valence-electron chi connectivity index (χ2n) is 3.68. The Morgan fingerprint density at radius 2 is 2.33 bits per heavy atom. The highest BCUT2D eigenvalue weighted by atomic mass is 32.1. The first-order valence-corrected chi connectivity index (χ1v) is 6.19. The molecule has 1 aromatic rings. The number of hydrogen-bond donors (Lipinski definition) is 1. The third kappa shape index (κ3) is 3.28. The van der Waals surface area contributed by atoms with Gasteiger partial charge in [0.15, 0.2) is 6.29 Å². The molecule has 1 saturated heterocycles. The van der Waals surface area contributed by atoms with Gasteiger partial charge in [-0.25, -0.2) is 0 Å². The highest BCUT2D eigenvalue weighted by Gasteiger charge is 2.20. The van der Waals surface area contributed by atoms with Crippen molar-refractivity contribution >= 4 is 11.3 Å². The molecular weight excluding hydrogens is 210 g/mol. The van der Waals surface area contributed by atoms with E-state index in [2.05, 4.69) is 22.8 Å². The van der Waals surface area contributed by atoms with E-state index in [9.17, 15) is 0 Å². The standard InChI is InChI=1S/C11H17NO2S/c1-12-9(7-10-3-2-6-15-10)8-11-13-4-5-14-11/h2-3,6,9,11-12H,4-5,7-8H2,1H3. The number of likely N-dealkylation sites (N-methyl/N-ethyl adjacent to an activating group) is 1. The number of rotatable bonds is 5. The minimum absolute atomic E-state index is 0.0117. The fraction of sp³-hybridized carbons (Fsp3) is 0.636. The largest absolute Gasteiger partial charge is 0.350 e. The maximum atomic E-state index is 5.45. The van der Waals surface area contributed by atoms with Gasteiger partial charge in [0, 0.05) is 17.3 Å². The van der Waals surface area contributed by atoms with Crippen molar-refractivity contribution in [1.82, 2.24) is 5.32 Å². The zero-order valence-electron chi connectivity index (χ0n) is 8.94. The van der Waals surface area contributed by atoms with Crippen LogP contribution < -0.4 is 5.32 Å². The van der Waals surface area contributed by atoms with Crippen LogP contribution in [0, 0.1) is 0 Å². The van der Waals surface area contributed by atoms with E-state index in [-0.39, 0.29) is 6.29 Å². The molecule has 1 aromatic heterocycles. The Morgan fingerprint density at radius 1 is 1.53 bits per heavy atom. The highest BCUT2D eigenvalue weighted by Crippen LogP contribution is 2.16. The second kappa shape index (κ2) is 5.61. The van der Waals surface area contributed by atoms with E-state index in [4.69, 9.17) is 9.47 Å². The van der Waals surface area contributed by atoms with Gasteiger partial charge in [0.05, 0.1) is 13.2 Å². The third-order valence-corrected chi connectivity index (χ3v) is 3.50. The van der Waals surface area contributed by atoms with E-state index in [0.717, 1.165) is 26.1 Å². The molecule has 0 aromatic carbocycles. The van der Waals surface area contributed by atoms with Gasteiger partial charge < -0.3 is 14.8 Å².